The highest BCUT2D eigenvalue weighted by atomic mass is 16.1. The molecule has 1 fully saturated rings. The third kappa shape index (κ3) is 2.56. The Bertz CT molecular complexity index is 559. The Hall–Kier alpha value is -1.11. The predicted molar refractivity (Wildman–Crippen MR) is 88.0 cm³/mol. The second-order valence-corrected chi connectivity index (χ2v) is 8.37. The number of ketones is 1. The molecule has 0 amide bonds. The standard InChI is InChI=1S/C20H28O/c1-19(2)11-12-20(3,4)17-13-15(9-10-16(17)19)18(21)14-7-5-6-8-14/h9-10,13-14H,5-8,11-12H2,1-4H3. The maximum Gasteiger partial charge on any atom is 0.165 e. The van der Waals surface area contributed by atoms with Gasteiger partial charge in [0.25, 0.3) is 0 Å². The summed E-state index contributed by atoms with van der Waals surface area (Å²) in [6.45, 7) is 9.31. The van der Waals surface area contributed by atoms with Crippen molar-refractivity contribution in [3.05, 3.63) is 34.9 Å². The van der Waals surface area contributed by atoms with Crippen molar-refractivity contribution in [2.75, 3.05) is 0 Å². The van der Waals surface area contributed by atoms with Gasteiger partial charge in [-0.3, -0.25) is 4.79 Å². The summed E-state index contributed by atoms with van der Waals surface area (Å²) in [4.78, 5) is 12.7. The van der Waals surface area contributed by atoms with Crippen LogP contribution in [-0.2, 0) is 10.8 Å². The van der Waals surface area contributed by atoms with Gasteiger partial charge in [-0.15, -0.1) is 0 Å². The normalized spacial score (nSPS) is 23.8. The minimum atomic E-state index is 0.191. The molecule has 114 valence electrons. The molecule has 0 aromatic heterocycles. The lowest BCUT2D eigenvalue weighted by molar-refractivity contribution is 0.0922. The molecule has 0 N–H and O–H groups in total. The number of benzene rings is 1. The molecule has 0 atom stereocenters. The Kier molecular flexibility index (Phi) is 3.50. The fourth-order valence-corrected chi connectivity index (χ4v) is 4.17. The molecule has 0 heterocycles. The maximum atomic E-state index is 12.7. The molecular formula is C20H28O. The van der Waals surface area contributed by atoms with Crippen LogP contribution < -0.4 is 0 Å². The third-order valence-corrected chi connectivity index (χ3v) is 5.86. The molecular weight excluding hydrogens is 256 g/mol. The molecule has 1 saturated carbocycles. The lowest BCUT2D eigenvalue weighted by atomic mass is 9.63. The van der Waals surface area contributed by atoms with Crippen LogP contribution in [0.1, 0.15) is 87.7 Å². The monoisotopic (exact) mass is 284 g/mol. The Labute approximate surface area is 129 Å². The molecule has 1 aromatic rings. The molecule has 3 rings (SSSR count). The first kappa shape index (κ1) is 14.8. The van der Waals surface area contributed by atoms with Crippen LogP contribution in [0.4, 0.5) is 0 Å². The molecule has 2 aliphatic rings. The summed E-state index contributed by atoms with van der Waals surface area (Å²) in [6.07, 6.45) is 7.05. The molecule has 0 spiro atoms. The van der Waals surface area contributed by atoms with Crippen LogP contribution in [0, 0.1) is 5.92 Å². The first-order valence-corrected chi connectivity index (χ1v) is 8.50. The molecule has 0 bridgehead atoms. The Morgan fingerprint density at radius 3 is 2.14 bits per heavy atom. The molecule has 0 saturated heterocycles. The van der Waals surface area contributed by atoms with E-state index in [2.05, 4.69) is 45.9 Å². The number of hydrogen-bond acceptors (Lipinski definition) is 1. The topological polar surface area (TPSA) is 17.1 Å². The van der Waals surface area contributed by atoms with Gasteiger partial charge in [0.15, 0.2) is 5.78 Å². The number of hydrogen-bond donors (Lipinski definition) is 0. The second kappa shape index (κ2) is 4.97. The van der Waals surface area contributed by atoms with E-state index < -0.39 is 0 Å². The van der Waals surface area contributed by atoms with E-state index >= 15 is 0 Å². The van der Waals surface area contributed by atoms with Crippen LogP contribution >= 0.6 is 0 Å². The first-order chi connectivity index (χ1) is 9.81. The number of rotatable bonds is 2. The number of fused-ring (bicyclic) bond motifs is 1. The molecule has 0 aliphatic heterocycles. The maximum absolute atomic E-state index is 12.7. The number of Topliss-reactive ketones (excluding diaryl/α,β-unsaturated/α-hetero) is 1. The summed E-state index contributed by atoms with van der Waals surface area (Å²) in [6, 6.07) is 6.54. The van der Waals surface area contributed by atoms with Gasteiger partial charge in [-0.25, -0.2) is 0 Å². The highest BCUT2D eigenvalue weighted by molar-refractivity contribution is 5.98. The van der Waals surface area contributed by atoms with E-state index in [9.17, 15) is 4.79 Å². The molecule has 21 heavy (non-hydrogen) atoms. The second-order valence-electron chi connectivity index (χ2n) is 8.37. The van der Waals surface area contributed by atoms with Gasteiger partial charge in [0.2, 0.25) is 0 Å². The molecule has 2 aliphatic carbocycles. The Balaban J connectivity index is 2.01. The van der Waals surface area contributed by atoms with Gasteiger partial charge in [0.1, 0.15) is 0 Å². The number of carbonyl (C=O) groups is 1. The molecule has 1 nitrogen and oxygen atoms in total. The fraction of sp³-hybridized carbons (Fsp3) is 0.650. The van der Waals surface area contributed by atoms with E-state index in [0.717, 1.165) is 18.4 Å². The Morgan fingerprint density at radius 1 is 0.952 bits per heavy atom. The molecule has 1 aromatic carbocycles. The third-order valence-electron chi connectivity index (χ3n) is 5.86. The lowest BCUT2D eigenvalue weighted by Gasteiger charge is -2.42. The quantitative estimate of drug-likeness (QED) is 0.664. The van der Waals surface area contributed by atoms with Gasteiger partial charge in [-0.05, 0) is 53.7 Å². The van der Waals surface area contributed by atoms with Crippen molar-refractivity contribution >= 4 is 5.78 Å². The van der Waals surface area contributed by atoms with Crippen LogP contribution in [-0.4, -0.2) is 5.78 Å². The largest absolute Gasteiger partial charge is 0.294 e. The molecule has 1 heteroatoms. The van der Waals surface area contributed by atoms with Crippen LogP contribution in [0.15, 0.2) is 18.2 Å². The first-order valence-electron chi connectivity index (χ1n) is 8.50. The smallest absolute Gasteiger partial charge is 0.165 e. The summed E-state index contributed by atoms with van der Waals surface area (Å²) in [5, 5.41) is 0. The van der Waals surface area contributed by atoms with Crippen molar-refractivity contribution in [1.82, 2.24) is 0 Å². The van der Waals surface area contributed by atoms with Crippen LogP contribution in [0.25, 0.3) is 0 Å². The van der Waals surface area contributed by atoms with Gasteiger partial charge < -0.3 is 0 Å². The van der Waals surface area contributed by atoms with Gasteiger partial charge in [-0.2, -0.15) is 0 Å². The van der Waals surface area contributed by atoms with Crippen molar-refractivity contribution in [3.8, 4) is 0 Å². The van der Waals surface area contributed by atoms with Crippen molar-refractivity contribution in [2.45, 2.75) is 77.0 Å². The highest BCUT2D eigenvalue weighted by Crippen LogP contribution is 2.46. The zero-order valence-electron chi connectivity index (χ0n) is 14.0. The van der Waals surface area contributed by atoms with Crippen LogP contribution in [0.5, 0.6) is 0 Å². The van der Waals surface area contributed by atoms with E-state index in [1.807, 2.05) is 0 Å². The SMILES string of the molecule is CC1(C)CCC(C)(C)c2cc(C(=O)C3CCCC3)ccc21. The van der Waals surface area contributed by atoms with Crippen molar-refractivity contribution in [1.29, 1.82) is 0 Å². The van der Waals surface area contributed by atoms with E-state index in [1.165, 1.54) is 36.8 Å². The zero-order chi connectivity index (χ0) is 15.3. The van der Waals surface area contributed by atoms with Gasteiger partial charge in [0.05, 0.1) is 0 Å². The van der Waals surface area contributed by atoms with Gasteiger partial charge in [-0.1, -0.05) is 52.7 Å². The average Bonchev–Trinajstić information content (AvgIpc) is 2.97. The van der Waals surface area contributed by atoms with Crippen LogP contribution in [0.3, 0.4) is 0 Å². The van der Waals surface area contributed by atoms with Crippen molar-refractivity contribution in [3.63, 3.8) is 0 Å². The van der Waals surface area contributed by atoms with Crippen LogP contribution in [0.2, 0.25) is 0 Å². The average molecular weight is 284 g/mol. The summed E-state index contributed by atoms with van der Waals surface area (Å²) in [5.41, 5.74) is 4.23. The summed E-state index contributed by atoms with van der Waals surface area (Å²) < 4.78 is 0. The minimum absolute atomic E-state index is 0.191. The van der Waals surface area contributed by atoms with E-state index in [0.29, 0.717) is 5.78 Å². The van der Waals surface area contributed by atoms with Gasteiger partial charge in [0, 0.05) is 11.5 Å². The Morgan fingerprint density at radius 2 is 1.52 bits per heavy atom. The summed E-state index contributed by atoms with van der Waals surface area (Å²) in [7, 11) is 0. The number of carbonyl (C=O) groups excluding carboxylic acids is 1. The molecule has 0 radical (unpaired) electrons. The van der Waals surface area contributed by atoms with Gasteiger partial charge >= 0.3 is 0 Å². The summed E-state index contributed by atoms with van der Waals surface area (Å²) >= 11 is 0. The highest BCUT2D eigenvalue weighted by Gasteiger charge is 2.37. The lowest BCUT2D eigenvalue weighted by Crippen LogP contribution is -2.34. The molecule has 0 unspecified atom stereocenters. The fourth-order valence-electron chi connectivity index (χ4n) is 4.17. The van der Waals surface area contributed by atoms with E-state index in [4.69, 9.17) is 0 Å². The van der Waals surface area contributed by atoms with E-state index in [1.54, 1.807) is 0 Å². The summed E-state index contributed by atoms with van der Waals surface area (Å²) in [5.74, 6) is 0.664. The minimum Gasteiger partial charge on any atom is -0.294 e. The predicted octanol–water partition coefficient (Wildman–Crippen LogP) is 5.41. The van der Waals surface area contributed by atoms with Crippen molar-refractivity contribution < 1.29 is 4.79 Å². The zero-order valence-corrected chi connectivity index (χ0v) is 14.0. The van der Waals surface area contributed by atoms with Crippen molar-refractivity contribution in [2.24, 2.45) is 5.92 Å². The van der Waals surface area contributed by atoms with E-state index in [-0.39, 0.29) is 16.7 Å².